The van der Waals surface area contributed by atoms with Crippen LogP contribution in [0.4, 0.5) is 0 Å². The second-order valence-corrected chi connectivity index (χ2v) is 5.34. The van der Waals surface area contributed by atoms with Gasteiger partial charge in [0, 0.05) is 11.1 Å². The monoisotopic (exact) mass is 330 g/mol. The Morgan fingerprint density at radius 3 is 1.33 bits per heavy atom. The van der Waals surface area contributed by atoms with Crippen molar-refractivity contribution in [2.24, 2.45) is 0 Å². The van der Waals surface area contributed by atoms with E-state index in [1.807, 2.05) is 0 Å². The van der Waals surface area contributed by atoms with Crippen LogP contribution in [-0.2, 0) is 0 Å². The number of carboxylic acid groups (broad SMARTS) is 2. The molecule has 0 heterocycles. The van der Waals surface area contributed by atoms with Crippen molar-refractivity contribution in [2.75, 3.05) is 14.2 Å². The molecule has 2 N–H and O–H groups in total. The van der Waals surface area contributed by atoms with Gasteiger partial charge in [0.2, 0.25) is 0 Å². The predicted octanol–water partition coefficient (Wildman–Crippen LogP) is 3.38. The van der Waals surface area contributed by atoms with E-state index in [0.717, 1.165) is 0 Å². The lowest BCUT2D eigenvalue weighted by atomic mass is 9.88. The summed E-state index contributed by atoms with van der Waals surface area (Å²) in [6, 6.07) is 6.13. The molecule has 0 aliphatic heterocycles. The zero-order valence-electron chi connectivity index (χ0n) is 13.8. The van der Waals surface area contributed by atoms with Crippen molar-refractivity contribution >= 4 is 11.9 Å². The van der Waals surface area contributed by atoms with E-state index in [4.69, 9.17) is 9.47 Å². The summed E-state index contributed by atoms with van der Waals surface area (Å²) in [6.45, 7) is 3.44. The maximum absolute atomic E-state index is 11.7. The molecule has 0 atom stereocenters. The first-order valence-electron chi connectivity index (χ1n) is 7.14. The smallest absolute Gasteiger partial charge is 0.336 e. The van der Waals surface area contributed by atoms with Crippen LogP contribution in [0, 0.1) is 13.8 Å². The molecule has 2 aromatic carbocycles. The van der Waals surface area contributed by atoms with E-state index in [2.05, 4.69) is 0 Å². The number of benzene rings is 2. The molecule has 0 bridgehead atoms. The van der Waals surface area contributed by atoms with Crippen LogP contribution in [0.3, 0.4) is 0 Å². The number of rotatable bonds is 5. The molecule has 0 unspecified atom stereocenters. The number of aryl methyl sites for hydroxylation is 2. The summed E-state index contributed by atoms with van der Waals surface area (Å²) in [4.78, 5) is 23.4. The minimum Gasteiger partial charge on any atom is -0.497 e. The number of ether oxygens (including phenoxy) is 2. The third-order valence-corrected chi connectivity index (χ3v) is 3.80. The highest BCUT2D eigenvalue weighted by Gasteiger charge is 2.23. The lowest BCUT2D eigenvalue weighted by Crippen LogP contribution is -2.08. The van der Waals surface area contributed by atoms with Gasteiger partial charge in [0.15, 0.2) is 0 Å². The number of hydrogen-bond donors (Lipinski definition) is 2. The Morgan fingerprint density at radius 2 is 1.08 bits per heavy atom. The van der Waals surface area contributed by atoms with Crippen molar-refractivity contribution < 1.29 is 29.3 Å². The Hall–Kier alpha value is -3.02. The fourth-order valence-electron chi connectivity index (χ4n) is 2.74. The van der Waals surface area contributed by atoms with Gasteiger partial charge in [0.05, 0.1) is 25.3 Å². The molecule has 2 aromatic rings. The lowest BCUT2D eigenvalue weighted by molar-refractivity contribution is 0.0684. The van der Waals surface area contributed by atoms with Crippen LogP contribution in [0.5, 0.6) is 11.5 Å². The van der Waals surface area contributed by atoms with Gasteiger partial charge in [-0.15, -0.1) is 0 Å². The van der Waals surface area contributed by atoms with E-state index >= 15 is 0 Å². The van der Waals surface area contributed by atoms with E-state index < -0.39 is 11.9 Å². The topological polar surface area (TPSA) is 93.1 Å². The molecular formula is C18H18O6. The number of hydrogen-bond acceptors (Lipinski definition) is 4. The highest BCUT2D eigenvalue weighted by molar-refractivity contribution is 6.04. The third kappa shape index (κ3) is 3.03. The van der Waals surface area contributed by atoms with Crippen LogP contribution in [0.25, 0.3) is 11.1 Å². The van der Waals surface area contributed by atoms with Crippen molar-refractivity contribution in [2.45, 2.75) is 13.8 Å². The van der Waals surface area contributed by atoms with Gasteiger partial charge < -0.3 is 19.7 Å². The molecule has 0 aliphatic carbocycles. The molecule has 24 heavy (non-hydrogen) atoms. The summed E-state index contributed by atoms with van der Waals surface area (Å²) >= 11 is 0. The molecule has 2 rings (SSSR count). The van der Waals surface area contributed by atoms with E-state index in [1.54, 1.807) is 26.0 Å². The number of carbonyl (C=O) groups is 2. The summed E-state index contributed by atoms with van der Waals surface area (Å²) in [7, 11) is 2.89. The molecule has 0 aliphatic rings. The van der Waals surface area contributed by atoms with Gasteiger partial charge in [-0.05, 0) is 49.2 Å². The summed E-state index contributed by atoms with van der Waals surface area (Å²) < 4.78 is 10.2. The Balaban J connectivity index is 2.91. The minimum atomic E-state index is -1.15. The highest BCUT2D eigenvalue weighted by Crippen LogP contribution is 2.37. The van der Waals surface area contributed by atoms with Gasteiger partial charge in [-0.2, -0.15) is 0 Å². The van der Waals surface area contributed by atoms with E-state index in [1.165, 1.54) is 26.4 Å². The van der Waals surface area contributed by atoms with Gasteiger partial charge in [0.1, 0.15) is 11.5 Å². The van der Waals surface area contributed by atoms with Crippen LogP contribution in [0.2, 0.25) is 0 Å². The molecule has 0 saturated carbocycles. The minimum absolute atomic E-state index is 0.0115. The summed E-state index contributed by atoms with van der Waals surface area (Å²) in [5, 5.41) is 19.1. The lowest BCUT2D eigenvalue weighted by Gasteiger charge is -2.17. The number of carboxylic acids is 2. The van der Waals surface area contributed by atoms with Crippen molar-refractivity contribution in [3.8, 4) is 22.6 Å². The molecule has 0 aromatic heterocycles. The quantitative estimate of drug-likeness (QED) is 0.873. The van der Waals surface area contributed by atoms with Crippen molar-refractivity contribution in [1.29, 1.82) is 0 Å². The van der Waals surface area contributed by atoms with E-state index in [9.17, 15) is 19.8 Å². The second kappa shape index (κ2) is 6.62. The van der Waals surface area contributed by atoms with E-state index in [-0.39, 0.29) is 11.1 Å². The highest BCUT2D eigenvalue weighted by atomic mass is 16.5. The van der Waals surface area contributed by atoms with Gasteiger partial charge in [-0.3, -0.25) is 0 Å². The van der Waals surface area contributed by atoms with Gasteiger partial charge in [-0.25, -0.2) is 9.59 Å². The van der Waals surface area contributed by atoms with Gasteiger partial charge >= 0.3 is 11.9 Å². The first kappa shape index (κ1) is 17.3. The third-order valence-electron chi connectivity index (χ3n) is 3.80. The van der Waals surface area contributed by atoms with Crippen LogP contribution in [0.1, 0.15) is 31.8 Å². The molecular weight excluding hydrogens is 312 g/mol. The maximum atomic E-state index is 11.7. The summed E-state index contributed by atoms with van der Waals surface area (Å²) in [5.41, 5.74) is 1.93. The Bertz CT molecular complexity index is 753. The molecule has 0 saturated heterocycles. The number of aromatic carboxylic acids is 2. The van der Waals surface area contributed by atoms with Crippen LogP contribution in [0.15, 0.2) is 24.3 Å². The van der Waals surface area contributed by atoms with Crippen molar-refractivity contribution in [3.05, 3.63) is 46.5 Å². The fourth-order valence-corrected chi connectivity index (χ4v) is 2.74. The van der Waals surface area contributed by atoms with Crippen molar-refractivity contribution in [1.82, 2.24) is 0 Å². The first-order valence-corrected chi connectivity index (χ1v) is 7.14. The van der Waals surface area contributed by atoms with Crippen LogP contribution in [-0.4, -0.2) is 36.4 Å². The molecule has 6 nitrogen and oxygen atoms in total. The Morgan fingerprint density at radius 1 is 0.750 bits per heavy atom. The van der Waals surface area contributed by atoms with Crippen LogP contribution >= 0.6 is 0 Å². The standard InChI is InChI=1S/C18H18O6/c1-9-5-11(23-3)7-13(17(19)20)15(9)16-10(2)6-12(24-4)8-14(16)18(21)22/h5-8H,1-4H3,(H,19,20)(H,21,22). The average Bonchev–Trinajstić information content (AvgIpc) is 2.53. The molecule has 0 amide bonds. The molecule has 126 valence electrons. The summed E-state index contributed by atoms with van der Waals surface area (Å²) in [5.74, 6) is -1.51. The molecule has 6 heteroatoms. The Kier molecular flexibility index (Phi) is 4.78. The zero-order chi connectivity index (χ0) is 18.0. The summed E-state index contributed by atoms with van der Waals surface area (Å²) in [6.07, 6.45) is 0. The normalized spacial score (nSPS) is 10.3. The Labute approximate surface area is 139 Å². The van der Waals surface area contributed by atoms with Gasteiger partial charge in [-0.1, -0.05) is 0 Å². The largest absolute Gasteiger partial charge is 0.497 e. The zero-order valence-corrected chi connectivity index (χ0v) is 13.8. The average molecular weight is 330 g/mol. The first-order chi connectivity index (χ1) is 11.3. The fraction of sp³-hybridized carbons (Fsp3) is 0.222. The van der Waals surface area contributed by atoms with E-state index in [0.29, 0.717) is 33.8 Å². The second-order valence-electron chi connectivity index (χ2n) is 5.34. The molecule has 0 radical (unpaired) electrons. The maximum Gasteiger partial charge on any atom is 0.336 e. The molecule has 0 fully saturated rings. The molecule has 0 spiro atoms. The van der Waals surface area contributed by atoms with Crippen molar-refractivity contribution in [3.63, 3.8) is 0 Å². The number of methoxy groups -OCH3 is 2. The SMILES string of the molecule is COc1cc(C)c(-c2c(C)cc(OC)cc2C(=O)O)c(C(=O)O)c1. The van der Waals surface area contributed by atoms with Gasteiger partial charge in [0.25, 0.3) is 0 Å². The predicted molar refractivity (Wildman–Crippen MR) is 88.4 cm³/mol. The van der Waals surface area contributed by atoms with Crippen LogP contribution < -0.4 is 9.47 Å².